The number of rotatable bonds is 2. The van der Waals surface area contributed by atoms with Crippen LogP contribution in [0, 0.1) is 5.92 Å². The standard InChI is InChI=1S/C14H16BrClN2O3/c1-8-6-9(13(19)20)4-5-18(8)14(21)17-12-3-2-10(16)7-11(12)15/h2-3,7-9H,4-6H2,1H3,(H,17,21)(H,19,20). The molecule has 0 spiro atoms. The van der Waals surface area contributed by atoms with Gasteiger partial charge in [-0.15, -0.1) is 0 Å². The van der Waals surface area contributed by atoms with Gasteiger partial charge in [0.05, 0.1) is 11.6 Å². The highest BCUT2D eigenvalue weighted by molar-refractivity contribution is 9.10. The molecule has 7 heteroatoms. The third-order valence-corrected chi connectivity index (χ3v) is 4.55. The lowest BCUT2D eigenvalue weighted by Crippen LogP contribution is -2.47. The first-order valence-electron chi connectivity index (χ1n) is 6.64. The first-order valence-corrected chi connectivity index (χ1v) is 7.81. The molecular formula is C14H16BrClN2O3. The van der Waals surface area contributed by atoms with Gasteiger partial charge in [0.15, 0.2) is 0 Å². The number of anilines is 1. The van der Waals surface area contributed by atoms with Crippen molar-refractivity contribution in [1.29, 1.82) is 0 Å². The minimum absolute atomic E-state index is 0.106. The molecule has 1 aromatic carbocycles. The fourth-order valence-corrected chi connectivity index (χ4v) is 3.26. The molecule has 0 radical (unpaired) electrons. The van der Waals surface area contributed by atoms with Gasteiger partial charge in [0.1, 0.15) is 0 Å². The van der Waals surface area contributed by atoms with Crippen LogP contribution in [-0.4, -0.2) is 34.6 Å². The number of benzene rings is 1. The van der Waals surface area contributed by atoms with Crippen LogP contribution in [-0.2, 0) is 4.79 Å². The van der Waals surface area contributed by atoms with E-state index in [9.17, 15) is 9.59 Å². The number of amides is 2. The zero-order valence-corrected chi connectivity index (χ0v) is 13.8. The lowest BCUT2D eigenvalue weighted by atomic mass is 9.92. The molecular weight excluding hydrogens is 360 g/mol. The van der Waals surface area contributed by atoms with Crippen molar-refractivity contribution >= 4 is 45.2 Å². The maximum atomic E-state index is 12.3. The summed E-state index contributed by atoms with van der Waals surface area (Å²) in [4.78, 5) is 25.0. The summed E-state index contributed by atoms with van der Waals surface area (Å²) in [6, 6.07) is 4.79. The number of hydrogen-bond donors (Lipinski definition) is 2. The third kappa shape index (κ3) is 3.89. The number of piperidine rings is 1. The maximum Gasteiger partial charge on any atom is 0.322 e. The van der Waals surface area contributed by atoms with Crippen LogP contribution in [0.25, 0.3) is 0 Å². The van der Waals surface area contributed by atoms with Crippen molar-refractivity contribution in [3.8, 4) is 0 Å². The number of urea groups is 1. The van der Waals surface area contributed by atoms with Crippen LogP contribution in [0.5, 0.6) is 0 Å². The minimum atomic E-state index is -0.789. The first kappa shape index (κ1) is 16.1. The molecule has 114 valence electrons. The number of aliphatic carboxylic acids is 1. The summed E-state index contributed by atoms with van der Waals surface area (Å²) in [5, 5.41) is 12.4. The van der Waals surface area contributed by atoms with Crippen molar-refractivity contribution in [2.24, 2.45) is 5.92 Å². The van der Waals surface area contributed by atoms with E-state index in [1.807, 2.05) is 6.92 Å². The van der Waals surface area contributed by atoms with E-state index in [-0.39, 0.29) is 18.0 Å². The predicted octanol–water partition coefficient (Wildman–Crippen LogP) is 3.82. The van der Waals surface area contributed by atoms with Gasteiger partial charge in [-0.05, 0) is 53.9 Å². The van der Waals surface area contributed by atoms with Crippen molar-refractivity contribution in [3.05, 3.63) is 27.7 Å². The fraction of sp³-hybridized carbons (Fsp3) is 0.429. The van der Waals surface area contributed by atoms with Crippen molar-refractivity contribution < 1.29 is 14.7 Å². The van der Waals surface area contributed by atoms with E-state index in [1.165, 1.54) is 0 Å². The molecule has 2 rings (SSSR count). The zero-order valence-electron chi connectivity index (χ0n) is 11.5. The number of nitrogens with one attached hydrogen (secondary N) is 1. The van der Waals surface area contributed by atoms with Crippen molar-refractivity contribution in [1.82, 2.24) is 4.90 Å². The topological polar surface area (TPSA) is 69.6 Å². The van der Waals surface area contributed by atoms with Gasteiger partial charge in [0, 0.05) is 22.1 Å². The Hall–Kier alpha value is -1.27. The van der Waals surface area contributed by atoms with Gasteiger partial charge >= 0.3 is 12.0 Å². The molecule has 0 saturated carbocycles. The number of likely N-dealkylation sites (tertiary alicyclic amines) is 1. The molecule has 5 nitrogen and oxygen atoms in total. The summed E-state index contributed by atoms with van der Waals surface area (Å²) in [7, 11) is 0. The van der Waals surface area contributed by atoms with E-state index in [4.69, 9.17) is 16.7 Å². The van der Waals surface area contributed by atoms with E-state index in [0.29, 0.717) is 34.6 Å². The van der Waals surface area contributed by atoms with Crippen LogP contribution in [0.15, 0.2) is 22.7 Å². The Morgan fingerprint density at radius 1 is 1.48 bits per heavy atom. The van der Waals surface area contributed by atoms with Gasteiger partial charge in [-0.2, -0.15) is 0 Å². The average Bonchev–Trinajstić information content (AvgIpc) is 2.41. The highest BCUT2D eigenvalue weighted by atomic mass is 79.9. The van der Waals surface area contributed by atoms with Crippen LogP contribution in [0.2, 0.25) is 5.02 Å². The Balaban J connectivity index is 2.02. The number of carbonyl (C=O) groups excluding carboxylic acids is 1. The molecule has 1 aliphatic heterocycles. The van der Waals surface area contributed by atoms with E-state index >= 15 is 0 Å². The largest absolute Gasteiger partial charge is 0.481 e. The van der Waals surface area contributed by atoms with E-state index < -0.39 is 5.97 Å². The van der Waals surface area contributed by atoms with Crippen LogP contribution in [0.4, 0.5) is 10.5 Å². The number of carboxylic acid groups (broad SMARTS) is 1. The monoisotopic (exact) mass is 374 g/mol. The van der Waals surface area contributed by atoms with Gasteiger partial charge < -0.3 is 15.3 Å². The molecule has 1 saturated heterocycles. The molecule has 2 unspecified atom stereocenters. The van der Waals surface area contributed by atoms with E-state index in [0.717, 1.165) is 0 Å². The number of hydrogen-bond acceptors (Lipinski definition) is 2. The lowest BCUT2D eigenvalue weighted by molar-refractivity contribution is -0.143. The summed E-state index contributed by atoms with van der Waals surface area (Å²) in [6.07, 6.45) is 0.958. The Morgan fingerprint density at radius 2 is 2.19 bits per heavy atom. The van der Waals surface area contributed by atoms with Gasteiger partial charge in [-0.25, -0.2) is 4.79 Å². The van der Waals surface area contributed by atoms with Crippen molar-refractivity contribution in [2.45, 2.75) is 25.8 Å². The molecule has 0 aromatic heterocycles. The summed E-state index contributed by atoms with van der Waals surface area (Å²) >= 11 is 9.21. The van der Waals surface area contributed by atoms with Gasteiger partial charge in [-0.1, -0.05) is 11.6 Å². The Bertz CT molecular complexity index is 567. The SMILES string of the molecule is CC1CC(C(=O)O)CCN1C(=O)Nc1ccc(Cl)cc1Br. The minimum Gasteiger partial charge on any atom is -0.481 e. The smallest absolute Gasteiger partial charge is 0.322 e. The maximum absolute atomic E-state index is 12.3. The molecule has 1 heterocycles. The van der Waals surface area contributed by atoms with Gasteiger partial charge in [-0.3, -0.25) is 4.79 Å². The fourth-order valence-electron chi connectivity index (χ4n) is 2.48. The van der Waals surface area contributed by atoms with Crippen molar-refractivity contribution in [3.63, 3.8) is 0 Å². The second-order valence-corrected chi connectivity index (χ2v) is 6.45. The number of halogens is 2. The lowest BCUT2D eigenvalue weighted by Gasteiger charge is -2.36. The van der Waals surface area contributed by atoms with E-state index in [1.54, 1.807) is 23.1 Å². The molecule has 2 amide bonds. The number of nitrogens with zero attached hydrogens (tertiary/aromatic N) is 1. The molecule has 1 aromatic rings. The van der Waals surface area contributed by atoms with Crippen LogP contribution in [0.1, 0.15) is 19.8 Å². The highest BCUT2D eigenvalue weighted by Gasteiger charge is 2.32. The van der Waals surface area contributed by atoms with Gasteiger partial charge in [0.25, 0.3) is 0 Å². The highest BCUT2D eigenvalue weighted by Crippen LogP contribution is 2.28. The molecule has 0 aliphatic carbocycles. The molecule has 1 aliphatic rings. The molecule has 2 N–H and O–H groups in total. The Labute approximate surface area is 136 Å². The van der Waals surface area contributed by atoms with Crippen LogP contribution >= 0.6 is 27.5 Å². The number of carbonyl (C=O) groups is 2. The predicted molar refractivity (Wildman–Crippen MR) is 84.7 cm³/mol. The molecule has 0 bridgehead atoms. The Kier molecular flexibility index (Phi) is 5.11. The normalized spacial score (nSPS) is 22.0. The summed E-state index contributed by atoms with van der Waals surface area (Å²) < 4.78 is 0.705. The summed E-state index contributed by atoms with van der Waals surface area (Å²) in [5.74, 6) is -1.16. The Morgan fingerprint density at radius 3 is 2.76 bits per heavy atom. The first-order chi connectivity index (χ1) is 9.88. The van der Waals surface area contributed by atoms with Gasteiger partial charge in [0.2, 0.25) is 0 Å². The molecule has 21 heavy (non-hydrogen) atoms. The van der Waals surface area contributed by atoms with Crippen LogP contribution < -0.4 is 5.32 Å². The van der Waals surface area contributed by atoms with Crippen molar-refractivity contribution in [2.75, 3.05) is 11.9 Å². The quantitative estimate of drug-likeness (QED) is 0.825. The van der Waals surface area contributed by atoms with Crippen LogP contribution in [0.3, 0.4) is 0 Å². The zero-order chi connectivity index (χ0) is 15.6. The summed E-state index contributed by atoms with van der Waals surface area (Å²) in [6.45, 7) is 2.31. The van der Waals surface area contributed by atoms with E-state index in [2.05, 4.69) is 21.2 Å². The molecule has 1 fully saturated rings. The number of carboxylic acids is 1. The average molecular weight is 376 g/mol. The second-order valence-electron chi connectivity index (χ2n) is 5.16. The summed E-state index contributed by atoms with van der Waals surface area (Å²) in [5.41, 5.74) is 0.636. The second kappa shape index (κ2) is 6.66. The molecule has 2 atom stereocenters. The third-order valence-electron chi connectivity index (χ3n) is 3.66.